The van der Waals surface area contributed by atoms with Gasteiger partial charge >= 0.3 is 0 Å². The molecule has 1 aliphatic heterocycles. The number of para-hydroxylation sites is 1. The normalized spacial score (nSPS) is 29.1. The fourth-order valence-electron chi connectivity index (χ4n) is 5.56. The summed E-state index contributed by atoms with van der Waals surface area (Å²) in [6.07, 6.45) is 5.99. The summed E-state index contributed by atoms with van der Waals surface area (Å²) in [4.78, 5) is 18.5. The van der Waals surface area contributed by atoms with Crippen molar-refractivity contribution in [3.63, 3.8) is 0 Å². The maximum absolute atomic E-state index is 13.1. The van der Waals surface area contributed by atoms with Crippen molar-refractivity contribution >= 4 is 16.8 Å². The van der Waals surface area contributed by atoms with Crippen molar-refractivity contribution in [1.29, 1.82) is 0 Å². The lowest BCUT2D eigenvalue weighted by Crippen LogP contribution is -2.47. The number of nitrogens with two attached hydrogens (primary N) is 1. The lowest BCUT2D eigenvalue weighted by molar-refractivity contribution is -0.133. The maximum Gasteiger partial charge on any atom is 0.240 e. The van der Waals surface area contributed by atoms with Crippen LogP contribution in [0.15, 0.2) is 30.5 Å². The molecule has 2 heterocycles. The van der Waals surface area contributed by atoms with E-state index in [0.29, 0.717) is 17.9 Å². The van der Waals surface area contributed by atoms with Crippen LogP contribution in [-0.2, 0) is 11.2 Å². The Morgan fingerprint density at radius 1 is 1.32 bits per heavy atom. The molecule has 1 aliphatic carbocycles. The van der Waals surface area contributed by atoms with E-state index in [9.17, 15) is 4.79 Å². The van der Waals surface area contributed by atoms with Crippen molar-refractivity contribution in [2.24, 2.45) is 16.6 Å². The Morgan fingerprint density at radius 3 is 2.88 bits per heavy atom. The zero-order valence-electron chi connectivity index (χ0n) is 15.5. The van der Waals surface area contributed by atoms with E-state index >= 15 is 0 Å². The Kier molecular flexibility index (Phi) is 3.73. The van der Waals surface area contributed by atoms with Gasteiger partial charge in [-0.05, 0) is 48.1 Å². The number of carbonyl (C=O) groups is 1. The van der Waals surface area contributed by atoms with Gasteiger partial charge in [-0.1, -0.05) is 39.0 Å². The predicted octanol–water partition coefficient (Wildman–Crippen LogP) is 3.46. The molecule has 25 heavy (non-hydrogen) atoms. The van der Waals surface area contributed by atoms with Crippen molar-refractivity contribution in [3.05, 3.63) is 36.0 Å². The molecule has 2 fully saturated rings. The van der Waals surface area contributed by atoms with Crippen LogP contribution in [0.4, 0.5) is 0 Å². The van der Waals surface area contributed by atoms with Crippen LogP contribution < -0.4 is 5.73 Å². The quantitative estimate of drug-likeness (QED) is 0.899. The number of aromatic nitrogens is 1. The maximum atomic E-state index is 13.1. The first-order valence-electron chi connectivity index (χ1n) is 9.37. The van der Waals surface area contributed by atoms with Gasteiger partial charge < -0.3 is 15.6 Å². The van der Waals surface area contributed by atoms with Gasteiger partial charge in [0.1, 0.15) is 0 Å². The van der Waals surface area contributed by atoms with Gasteiger partial charge in [-0.2, -0.15) is 0 Å². The van der Waals surface area contributed by atoms with Crippen molar-refractivity contribution in [3.8, 4) is 0 Å². The second-order valence-corrected chi connectivity index (χ2v) is 9.35. The number of rotatable bonds is 3. The van der Waals surface area contributed by atoms with Gasteiger partial charge in [-0.25, -0.2) is 0 Å². The molecular weight excluding hydrogens is 310 g/mol. The number of aromatic amines is 1. The fraction of sp³-hybridized carbons (Fsp3) is 0.571. The summed E-state index contributed by atoms with van der Waals surface area (Å²) in [6, 6.07) is 8.07. The van der Waals surface area contributed by atoms with E-state index in [1.807, 2.05) is 18.3 Å². The first-order chi connectivity index (χ1) is 11.8. The molecule has 134 valence electrons. The highest BCUT2D eigenvalue weighted by atomic mass is 16.2. The number of nitrogens with zero attached hydrogens (tertiary/aromatic N) is 1. The molecule has 1 aromatic heterocycles. The number of carbonyl (C=O) groups excluding carboxylic acids is 1. The minimum Gasteiger partial charge on any atom is -0.361 e. The van der Waals surface area contributed by atoms with Gasteiger partial charge in [-0.15, -0.1) is 0 Å². The van der Waals surface area contributed by atoms with E-state index in [0.717, 1.165) is 30.5 Å². The summed E-state index contributed by atoms with van der Waals surface area (Å²) in [6.45, 7) is 7.86. The molecule has 4 rings (SSSR count). The minimum absolute atomic E-state index is 0.122. The molecule has 1 saturated heterocycles. The van der Waals surface area contributed by atoms with Crippen molar-refractivity contribution in [2.45, 2.75) is 58.5 Å². The van der Waals surface area contributed by atoms with Crippen LogP contribution in [0, 0.1) is 10.8 Å². The van der Waals surface area contributed by atoms with Crippen LogP contribution in [0.5, 0.6) is 0 Å². The number of amides is 1. The number of benzene rings is 1. The zero-order chi connectivity index (χ0) is 17.8. The largest absolute Gasteiger partial charge is 0.361 e. The standard InChI is InChI=1S/C21H29N3O/c1-20(2)9-15-10-21(3,12-20)13-24(15)19(25)17(22)8-14-11-23-18-7-5-4-6-16(14)18/h4-7,11,15,17,23H,8-10,12-13,22H2,1-3H3/t15?,17-,21?/m0/s1. The van der Waals surface area contributed by atoms with Gasteiger partial charge in [0, 0.05) is 29.7 Å². The molecule has 3 N–H and O–H groups in total. The average Bonchev–Trinajstić information content (AvgIpc) is 3.04. The van der Waals surface area contributed by atoms with E-state index < -0.39 is 6.04 Å². The first-order valence-corrected chi connectivity index (χ1v) is 9.37. The molecule has 2 aromatic rings. The fourth-order valence-corrected chi connectivity index (χ4v) is 5.56. The molecule has 4 nitrogen and oxygen atoms in total. The molecule has 1 saturated carbocycles. The predicted molar refractivity (Wildman–Crippen MR) is 101 cm³/mol. The summed E-state index contributed by atoms with van der Waals surface area (Å²) >= 11 is 0. The van der Waals surface area contributed by atoms with E-state index in [1.54, 1.807) is 0 Å². The van der Waals surface area contributed by atoms with Crippen molar-refractivity contribution in [2.75, 3.05) is 6.54 Å². The van der Waals surface area contributed by atoms with E-state index in [-0.39, 0.29) is 11.3 Å². The molecule has 1 aromatic carbocycles. The van der Waals surface area contributed by atoms with Crippen LogP contribution in [0.1, 0.15) is 45.6 Å². The molecular formula is C21H29N3O. The molecule has 4 heteroatoms. The van der Waals surface area contributed by atoms with Crippen molar-refractivity contribution in [1.82, 2.24) is 9.88 Å². The van der Waals surface area contributed by atoms with Gasteiger partial charge in [0.15, 0.2) is 0 Å². The third-order valence-electron chi connectivity index (χ3n) is 6.13. The number of fused-ring (bicyclic) bond motifs is 3. The molecule has 1 amide bonds. The second kappa shape index (κ2) is 5.60. The van der Waals surface area contributed by atoms with Crippen LogP contribution in [0.2, 0.25) is 0 Å². The number of nitrogens with one attached hydrogen (secondary N) is 1. The molecule has 0 spiro atoms. The lowest BCUT2D eigenvalue weighted by atomic mass is 9.65. The van der Waals surface area contributed by atoms with Crippen molar-refractivity contribution < 1.29 is 4.79 Å². The number of hydrogen-bond acceptors (Lipinski definition) is 2. The van der Waals surface area contributed by atoms with E-state index in [4.69, 9.17) is 5.73 Å². The molecule has 2 unspecified atom stereocenters. The number of likely N-dealkylation sites (tertiary alicyclic amines) is 1. The molecule has 2 bridgehead atoms. The SMILES string of the molecule is CC1(C)CC2CC(C)(CN2C(=O)[C@@H](N)Cc2c[nH]c3ccccc23)C1. The summed E-state index contributed by atoms with van der Waals surface area (Å²) in [5.41, 5.74) is 9.16. The molecule has 0 radical (unpaired) electrons. The molecule has 3 atom stereocenters. The third kappa shape index (κ3) is 2.97. The summed E-state index contributed by atoms with van der Waals surface area (Å²) in [7, 11) is 0. The second-order valence-electron chi connectivity index (χ2n) is 9.35. The summed E-state index contributed by atoms with van der Waals surface area (Å²) < 4.78 is 0. The number of hydrogen-bond donors (Lipinski definition) is 2. The smallest absolute Gasteiger partial charge is 0.240 e. The average molecular weight is 339 g/mol. The van der Waals surface area contributed by atoms with Gasteiger partial charge in [0.2, 0.25) is 5.91 Å². The van der Waals surface area contributed by atoms with Gasteiger partial charge in [-0.3, -0.25) is 4.79 Å². The molecule has 2 aliphatic rings. The Morgan fingerprint density at radius 2 is 2.08 bits per heavy atom. The Hall–Kier alpha value is -1.81. The van der Waals surface area contributed by atoms with Gasteiger partial charge in [0.05, 0.1) is 6.04 Å². The van der Waals surface area contributed by atoms with Crippen LogP contribution in [0.25, 0.3) is 10.9 Å². The van der Waals surface area contributed by atoms with Gasteiger partial charge in [0.25, 0.3) is 0 Å². The summed E-state index contributed by atoms with van der Waals surface area (Å²) in [5.74, 6) is 0.122. The lowest BCUT2D eigenvalue weighted by Gasteiger charge is -2.39. The highest BCUT2D eigenvalue weighted by Gasteiger charge is 2.51. The topological polar surface area (TPSA) is 62.1 Å². The highest BCUT2D eigenvalue weighted by molar-refractivity contribution is 5.86. The monoisotopic (exact) mass is 339 g/mol. The number of H-pyrrole nitrogens is 1. The van der Waals surface area contributed by atoms with E-state index in [1.165, 1.54) is 11.8 Å². The highest BCUT2D eigenvalue weighted by Crippen LogP contribution is 2.52. The first kappa shape index (κ1) is 16.6. The minimum atomic E-state index is -0.467. The van der Waals surface area contributed by atoms with E-state index in [2.05, 4.69) is 42.8 Å². The van der Waals surface area contributed by atoms with Crippen LogP contribution >= 0.6 is 0 Å². The zero-order valence-corrected chi connectivity index (χ0v) is 15.5. The Labute approximate surface area is 149 Å². The van der Waals surface area contributed by atoms with Crippen LogP contribution in [0.3, 0.4) is 0 Å². The Bertz CT molecular complexity index is 808. The summed E-state index contributed by atoms with van der Waals surface area (Å²) in [5, 5.41) is 1.17. The van der Waals surface area contributed by atoms with Crippen LogP contribution in [-0.4, -0.2) is 34.4 Å². The Balaban J connectivity index is 1.51. The third-order valence-corrected chi connectivity index (χ3v) is 6.13.